The van der Waals surface area contributed by atoms with E-state index in [1.165, 1.54) is 0 Å². The summed E-state index contributed by atoms with van der Waals surface area (Å²) < 4.78 is 34.3. The Balaban J connectivity index is -0.0000000383. The van der Waals surface area contributed by atoms with E-state index in [9.17, 15) is 0 Å². The standard InChI is InChI=1S/K.Mn.NO3.Na.4O/c;;2-1(3)4;;;;;/q+1;;-1;+1;;;;-1. The Hall–Kier alpha value is 1.72. The summed E-state index contributed by atoms with van der Waals surface area (Å²) in [6.45, 7) is 0. The van der Waals surface area contributed by atoms with Gasteiger partial charge in [0.05, 0.1) is 5.09 Å². The molecule has 0 amide bonds. The summed E-state index contributed by atoms with van der Waals surface area (Å²) in [7, 11) is 0. The van der Waals surface area contributed by atoms with Gasteiger partial charge in [0.25, 0.3) is 0 Å². The molecule has 0 heterocycles. The van der Waals surface area contributed by atoms with Crippen LogP contribution in [0.3, 0.4) is 0 Å². The zero-order valence-corrected chi connectivity index (χ0v) is 12.0. The predicted octanol–water partition coefficient (Wildman–Crippen LogP) is -7.78. The first-order valence-electron chi connectivity index (χ1n) is 1.16. The number of rotatable bonds is 0. The second kappa shape index (κ2) is 11.7. The van der Waals surface area contributed by atoms with E-state index in [2.05, 4.69) is 0 Å². The van der Waals surface area contributed by atoms with E-state index in [-0.39, 0.29) is 80.9 Å². The molecule has 0 rings (SSSR count). The third-order valence-electron chi connectivity index (χ3n) is 0. The van der Waals surface area contributed by atoms with Crippen LogP contribution in [-0.4, -0.2) is 5.09 Å². The fourth-order valence-electron chi connectivity index (χ4n) is 0. The third-order valence-corrected chi connectivity index (χ3v) is 0. The van der Waals surface area contributed by atoms with Crippen LogP contribution in [0.1, 0.15) is 0 Å². The van der Waals surface area contributed by atoms with Gasteiger partial charge in [-0.2, -0.15) is 0 Å². The normalized spacial score (nSPS) is 7.36. The van der Waals surface area contributed by atoms with Gasteiger partial charge >= 0.3 is 110 Å². The minimum atomic E-state index is -5.62. The van der Waals surface area contributed by atoms with Gasteiger partial charge in [0.15, 0.2) is 0 Å². The molecule has 0 unspecified atom stereocenters. The summed E-state index contributed by atoms with van der Waals surface area (Å²) in [6.07, 6.45) is 0. The molecule has 0 spiro atoms. The van der Waals surface area contributed by atoms with Crippen molar-refractivity contribution in [3.63, 3.8) is 0 Å². The Morgan fingerprint density at radius 3 is 1.09 bits per heavy atom. The Morgan fingerprint density at radius 1 is 1.09 bits per heavy atom. The summed E-state index contributed by atoms with van der Waals surface area (Å²) in [5.41, 5.74) is 0. The maximum atomic E-state index is 8.58. The Morgan fingerprint density at radius 2 is 1.09 bits per heavy atom. The van der Waals surface area contributed by atoms with Crippen LogP contribution in [-0.2, 0) is 24.5 Å². The van der Waals surface area contributed by atoms with E-state index in [1.54, 1.807) is 0 Å². The van der Waals surface area contributed by atoms with Crippen molar-refractivity contribution >= 4 is 0 Å². The molecule has 0 saturated carbocycles. The predicted molar refractivity (Wildman–Crippen MR) is 12.4 cm³/mol. The van der Waals surface area contributed by atoms with Crippen LogP contribution in [0.5, 0.6) is 0 Å². The van der Waals surface area contributed by atoms with Crippen molar-refractivity contribution in [3.8, 4) is 0 Å². The van der Waals surface area contributed by atoms with Crippen LogP contribution in [0.25, 0.3) is 0 Å². The Labute approximate surface area is 127 Å². The maximum absolute atomic E-state index is 8.58. The first-order valence-corrected chi connectivity index (χ1v) is 3.09. The van der Waals surface area contributed by atoms with Gasteiger partial charge in [-0.15, -0.1) is 0 Å². The van der Waals surface area contributed by atoms with Crippen molar-refractivity contribution < 1.29 is 115 Å². The first kappa shape index (κ1) is 23.0. The van der Waals surface area contributed by atoms with Crippen molar-refractivity contribution in [3.05, 3.63) is 15.3 Å². The minimum absolute atomic E-state index is 0. The summed E-state index contributed by atoms with van der Waals surface area (Å²) in [4.78, 5) is 8.25. The van der Waals surface area contributed by atoms with E-state index in [0.717, 1.165) is 0 Å². The van der Waals surface area contributed by atoms with Gasteiger partial charge in [0.1, 0.15) is 0 Å². The Kier molecular flexibility index (Phi) is 24.5. The molecule has 0 aromatic rings. The van der Waals surface area contributed by atoms with Gasteiger partial charge < -0.3 is 15.3 Å². The van der Waals surface area contributed by atoms with Gasteiger partial charge in [0.2, 0.25) is 0 Å². The van der Waals surface area contributed by atoms with Crippen LogP contribution < -0.4 is 85.1 Å². The summed E-state index contributed by atoms with van der Waals surface area (Å²) in [6, 6.07) is 0. The molecule has 0 aromatic heterocycles. The van der Waals surface area contributed by atoms with E-state index in [0.29, 0.717) is 0 Å². The van der Waals surface area contributed by atoms with Crippen molar-refractivity contribution in [2.75, 3.05) is 0 Å². The molecule has 0 radical (unpaired) electrons. The molecule has 0 saturated heterocycles. The average Bonchev–Trinajstić information content (AvgIpc) is 1.19. The summed E-state index contributed by atoms with van der Waals surface area (Å²) >= 11 is -5.62. The van der Waals surface area contributed by atoms with Crippen LogP contribution >= 0.6 is 0 Å². The fourth-order valence-corrected chi connectivity index (χ4v) is 0. The quantitative estimate of drug-likeness (QED) is 0.233. The van der Waals surface area contributed by atoms with E-state index < -0.39 is 18.1 Å². The molecular formula is KMnNNaO7. The summed E-state index contributed by atoms with van der Waals surface area (Å²) in [5, 5.41) is 14.8. The monoisotopic (exact) mass is 243 g/mol. The zero-order valence-electron chi connectivity index (χ0n) is 5.68. The second-order valence-corrected chi connectivity index (χ2v) is 1.78. The van der Waals surface area contributed by atoms with Crippen molar-refractivity contribution in [2.24, 2.45) is 0 Å². The van der Waals surface area contributed by atoms with Crippen molar-refractivity contribution in [1.29, 1.82) is 0 Å². The van der Waals surface area contributed by atoms with Gasteiger partial charge in [0, 0.05) is 0 Å². The molecule has 0 aliphatic carbocycles. The van der Waals surface area contributed by atoms with Gasteiger partial charge in [-0.1, -0.05) is 0 Å². The molecule has 11 heteroatoms. The molecule has 0 aliphatic heterocycles. The molecule has 0 atom stereocenters. The van der Waals surface area contributed by atoms with Crippen LogP contribution in [0.2, 0.25) is 0 Å². The molecule has 0 aromatic carbocycles. The summed E-state index contributed by atoms with van der Waals surface area (Å²) in [5.74, 6) is 0. The molecule has 8 nitrogen and oxygen atoms in total. The fraction of sp³-hybridized carbons (Fsp3) is 0. The molecule has 0 fully saturated rings. The first-order chi connectivity index (χ1) is 3.73. The van der Waals surface area contributed by atoms with Crippen LogP contribution in [0.15, 0.2) is 0 Å². The molecular weight excluding hydrogens is 243 g/mol. The topological polar surface area (TPSA) is 140 Å². The average molecular weight is 243 g/mol. The SMILES string of the molecule is O=[N+]([O-])[O-].[K+].[Na+].[O]=[Mn](=[O])(=[O])[O-]. The van der Waals surface area contributed by atoms with Crippen LogP contribution in [0, 0.1) is 15.3 Å². The third kappa shape index (κ3) is 376. The second-order valence-electron chi connectivity index (χ2n) is 0.602. The Bertz CT molecular complexity index is 204. The van der Waals surface area contributed by atoms with E-state index in [4.69, 9.17) is 31.0 Å². The van der Waals surface area contributed by atoms with Crippen LogP contribution in [0.4, 0.5) is 0 Å². The van der Waals surface area contributed by atoms with Crippen molar-refractivity contribution in [1.82, 2.24) is 0 Å². The molecule has 0 N–H and O–H groups in total. The number of nitrogens with zero attached hydrogens (tertiary/aromatic N) is 1. The number of hydrogen-bond acceptors (Lipinski definition) is 7. The molecule has 11 heavy (non-hydrogen) atoms. The van der Waals surface area contributed by atoms with Gasteiger partial charge in [-0.05, 0) is 0 Å². The molecule has 0 bridgehead atoms. The van der Waals surface area contributed by atoms with Gasteiger partial charge in [-0.3, -0.25) is 0 Å². The molecule has 0 aliphatic rings. The van der Waals surface area contributed by atoms with Crippen molar-refractivity contribution in [2.45, 2.75) is 0 Å². The zero-order chi connectivity index (χ0) is 8.08. The van der Waals surface area contributed by atoms with E-state index in [1.807, 2.05) is 0 Å². The molecule has 56 valence electrons. The van der Waals surface area contributed by atoms with E-state index >= 15 is 0 Å². The van der Waals surface area contributed by atoms with Gasteiger partial charge in [-0.25, -0.2) is 0 Å². The number of hydrogen-bond donors (Lipinski definition) is 0.